The molecule has 1 amide bonds. The summed E-state index contributed by atoms with van der Waals surface area (Å²) in [6, 6.07) is 7.65. The van der Waals surface area contributed by atoms with E-state index in [1.54, 1.807) is 7.11 Å². The summed E-state index contributed by atoms with van der Waals surface area (Å²) in [5.41, 5.74) is 0.932. The number of hydrogen-bond acceptors (Lipinski definition) is 3. The molecular weight excluding hydrogens is 242 g/mol. The largest absolute Gasteiger partial charge is 0.496 e. The standard InChI is InChI=1S/C15H21NO3/c1-11-9-16(10-12(2)19-11)15(17)8-13-6-4-5-7-14(13)18-3/h4-7,11-12H,8-10H2,1-3H3. The number of carbonyl (C=O) groups excluding carboxylic acids is 1. The van der Waals surface area contributed by atoms with Crippen LogP contribution >= 0.6 is 0 Å². The van der Waals surface area contributed by atoms with Crippen LogP contribution in [-0.4, -0.2) is 43.2 Å². The van der Waals surface area contributed by atoms with Crippen molar-refractivity contribution in [2.75, 3.05) is 20.2 Å². The molecule has 19 heavy (non-hydrogen) atoms. The van der Waals surface area contributed by atoms with E-state index in [0.717, 1.165) is 11.3 Å². The molecule has 2 unspecified atom stereocenters. The van der Waals surface area contributed by atoms with Crippen molar-refractivity contribution >= 4 is 5.91 Å². The molecule has 2 atom stereocenters. The second-order valence-corrected chi connectivity index (χ2v) is 5.04. The van der Waals surface area contributed by atoms with Crippen LogP contribution in [0.15, 0.2) is 24.3 Å². The number of nitrogens with zero attached hydrogens (tertiary/aromatic N) is 1. The van der Waals surface area contributed by atoms with Gasteiger partial charge < -0.3 is 14.4 Å². The molecule has 4 heteroatoms. The number of ether oxygens (including phenoxy) is 2. The predicted molar refractivity (Wildman–Crippen MR) is 73.3 cm³/mol. The monoisotopic (exact) mass is 263 g/mol. The number of carbonyl (C=O) groups is 1. The lowest BCUT2D eigenvalue weighted by Crippen LogP contribution is -2.48. The van der Waals surface area contributed by atoms with E-state index in [0.29, 0.717) is 19.5 Å². The Morgan fingerprint density at radius 3 is 2.58 bits per heavy atom. The fourth-order valence-corrected chi connectivity index (χ4v) is 2.51. The van der Waals surface area contributed by atoms with Crippen molar-refractivity contribution in [1.29, 1.82) is 0 Å². The molecule has 0 bridgehead atoms. The highest BCUT2D eigenvalue weighted by atomic mass is 16.5. The van der Waals surface area contributed by atoms with Crippen LogP contribution in [0.4, 0.5) is 0 Å². The number of para-hydroxylation sites is 1. The van der Waals surface area contributed by atoms with Crippen molar-refractivity contribution in [3.8, 4) is 5.75 Å². The van der Waals surface area contributed by atoms with Gasteiger partial charge in [-0.2, -0.15) is 0 Å². The van der Waals surface area contributed by atoms with Gasteiger partial charge >= 0.3 is 0 Å². The number of amides is 1. The Balaban J connectivity index is 2.04. The second-order valence-electron chi connectivity index (χ2n) is 5.04. The summed E-state index contributed by atoms with van der Waals surface area (Å²) in [6.07, 6.45) is 0.583. The first kappa shape index (κ1) is 13.9. The van der Waals surface area contributed by atoms with E-state index in [-0.39, 0.29) is 18.1 Å². The molecule has 104 valence electrons. The predicted octanol–water partition coefficient (Wildman–Crippen LogP) is 1.87. The Morgan fingerprint density at radius 1 is 1.32 bits per heavy atom. The maximum atomic E-state index is 12.3. The van der Waals surface area contributed by atoms with Crippen molar-refractivity contribution in [2.24, 2.45) is 0 Å². The summed E-state index contributed by atoms with van der Waals surface area (Å²) in [5, 5.41) is 0. The van der Waals surface area contributed by atoms with Crippen molar-refractivity contribution in [3.63, 3.8) is 0 Å². The van der Waals surface area contributed by atoms with E-state index in [4.69, 9.17) is 9.47 Å². The van der Waals surface area contributed by atoms with Crippen LogP contribution in [0, 0.1) is 0 Å². The van der Waals surface area contributed by atoms with E-state index in [9.17, 15) is 4.79 Å². The van der Waals surface area contributed by atoms with Gasteiger partial charge in [-0.15, -0.1) is 0 Å². The molecule has 0 N–H and O–H groups in total. The molecule has 1 saturated heterocycles. The van der Waals surface area contributed by atoms with Gasteiger partial charge in [0.15, 0.2) is 0 Å². The highest BCUT2D eigenvalue weighted by Crippen LogP contribution is 2.19. The van der Waals surface area contributed by atoms with Crippen molar-refractivity contribution in [2.45, 2.75) is 32.5 Å². The highest BCUT2D eigenvalue weighted by molar-refractivity contribution is 5.79. The van der Waals surface area contributed by atoms with E-state index in [1.807, 2.05) is 43.0 Å². The van der Waals surface area contributed by atoms with Gasteiger partial charge in [0.25, 0.3) is 0 Å². The smallest absolute Gasteiger partial charge is 0.227 e. The zero-order valence-corrected chi connectivity index (χ0v) is 11.8. The number of rotatable bonds is 3. The fourth-order valence-electron chi connectivity index (χ4n) is 2.51. The van der Waals surface area contributed by atoms with Gasteiger partial charge in [0.2, 0.25) is 5.91 Å². The lowest BCUT2D eigenvalue weighted by atomic mass is 10.1. The minimum absolute atomic E-state index is 0.102. The molecule has 0 aromatic heterocycles. The van der Waals surface area contributed by atoms with E-state index < -0.39 is 0 Å². The molecule has 1 aromatic carbocycles. The molecule has 2 rings (SSSR count). The van der Waals surface area contributed by atoms with Crippen molar-refractivity contribution in [3.05, 3.63) is 29.8 Å². The lowest BCUT2D eigenvalue weighted by molar-refractivity contribution is -0.142. The minimum atomic E-state index is 0.102. The molecule has 1 fully saturated rings. The summed E-state index contributed by atoms with van der Waals surface area (Å²) in [6.45, 7) is 5.33. The van der Waals surface area contributed by atoms with Gasteiger partial charge in [0, 0.05) is 18.7 Å². The third-order valence-corrected chi connectivity index (χ3v) is 3.31. The van der Waals surface area contributed by atoms with Crippen LogP contribution in [-0.2, 0) is 16.0 Å². The van der Waals surface area contributed by atoms with Crippen LogP contribution in [0.25, 0.3) is 0 Å². The van der Waals surface area contributed by atoms with Gasteiger partial charge in [-0.3, -0.25) is 4.79 Å². The summed E-state index contributed by atoms with van der Waals surface area (Å²) in [5.74, 6) is 0.900. The first-order valence-electron chi connectivity index (χ1n) is 6.65. The first-order chi connectivity index (χ1) is 9.10. The number of hydrogen-bond donors (Lipinski definition) is 0. The maximum Gasteiger partial charge on any atom is 0.227 e. The second kappa shape index (κ2) is 6.06. The molecule has 1 heterocycles. The molecule has 0 spiro atoms. The summed E-state index contributed by atoms with van der Waals surface area (Å²) >= 11 is 0. The van der Waals surface area contributed by atoms with Crippen molar-refractivity contribution < 1.29 is 14.3 Å². The average molecular weight is 263 g/mol. The molecule has 0 aliphatic carbocycles. The Morgan fingerprint density at radius 2 is 1.95 bits per heavy atom. The van der Waals surface area contributed by atoms with Gasteiger partial charge in [-0.25, -0.2) is 0 Å². The normalized spacial score (nSPS) is 23.2. The number of benzene rings is 1. The van der Waals surface area contributed by atoms with Crippen molar-refractivity contribution in [1.82, 2.24) is 4.90 Å². The quantitative estimate of drug-likeness (QED) is 0.835. The Kier molecular flexibility index (Phi) is 4.43. The van der Waals surface area contributed by atoms with Crippen LogP contribution in [0.1, 0.15) is 19.4 Å². The summed E-state index contributed by atoms with van der Waals surface area (Å²) < 4.78 is 10.9. The SMILES string of the molecule is COc1ccccc1CC(=O)N1CC(C)OC(C)C1. The van der Waals surface area contributed by atoms with Gasteiger partial charge in [-0.05, 0) is 19.9 Å². The summed E-state index contributed by atoms with van der Waals surface area (Å²) in [7, 11) is 1.63. The molecular formula is C15H21NO3. The van der Waals surface area contributed by atoms with Gasteiger partial charge in [-0.1, -0.05) is 18.2 Å². The number of methoxy groups -OCH3 is 1. The first-order valence-corrected chi connectivity index (χ1v) is 6.65. The third kappa shape index (κ3) is 3.47. The van der Waals surface area contributed by atoms with Crippen LogP contribution in [0.3, 0.4) is 0 Å². The summed E-state index contributed by atoms with van der Waals surface area (Å²) in [4.78, 5) is 14.2. The van der Waals surface area contributed by atoms with Crippen LogP contribution in [0.5, 0.6) is 5.75 Å². The zero-order valence-electron chi connectivity index (χ0n) is 11.8. The molecule has 1 aliphatic rings. The molecule has 1 aliphatic heterocycles. The lowest BCUT2D eigenvalue weighted by Gasteiger charge is -2.35. The Labute approximate surface area is 114 Å². The number of morpholine rings is 1. The minimum Gasteiger partial charge on any atom is -0.496 e. The van der Waals surface area contributed by atoms with E-state index >= 15 is 0 Å². The Bertz CT molecular complexity index is 437. The Hall–Kier alpha value is -1.55. The molecule has 0 saturated carbocycles. The highest BCUT2D eigenvalue weighted by Gasteiger charge is 2.26. The van der Waals surface area contributed by atoms with Crippen LogP contribution in [0.2, 0.25) is 0 Å². The molecule has 0 radical (unpaired) electrons. The molecule has 1 aromatic rings. The zero-order chi connectivity index (χ0) is 13.8. The van der Waals surface area contributed by atoms with Crippen LogP contribution < -0.4 is 4.74 Å². The third-order valence-electron chi connectivity index (χ3n) is 3.31. The average Bonchev–Trinajstić information content (AvgIpc) is 2.38. The van der Waals surface area contributed by atoms with Gasteiger partial charge in [0.05, 0.1) is 25.7 Å². The van der Waals surface area contributed by atoms with Gasteiger partial charge in [0.1, 0.15) is 5.75 Å². The van der Waals surface area contributed by atoms with E-state index in [2.05, 4.69) is 0 Å². The topological polar surface area (TPSA) is 38.8 Å². The fraction of sp³-hybridized carbons (Fsp3) is 0.533. The molecule has 4 nitrogen and oxygen atoms in total. The maximum absolute atomic E-state index is 12.3. The van der Waals surface area contributed by atoms with E-state index in [1.165, 1.54) is 0 Å².